The van der Waals surface area contributed by atoms with Crippen molar-refractivity contribution in [1.29, 1.82) is 0 Å². The van der Waals surface area contributed by atoms with Crippen molar-refractivity contribution in [3.63, 3.8) is 0 Å². The maximum Gasteiger partial charge on any atom is 0.330 e. The van der Waals surface area contributed by atoms with Crippen LogP contribution in [0.5, 0.6) is 0 Å². The zero-order valence-electron chi connectivity index (χ0n) is 9.83. The van der Waals surface area contributed by atoms with E-state index in [9.17, 15) is 9.59 Å². The molecule has 0 saturated heterocycles. The van der Waals surface area contributed by atoms with E-state index in [1.807, 2.05) is 0 Å². The van der Waals surface area contributed by atoms with Crippen LogP contribution >= 0.6 is 25.3 Å². The van der Waals surface area contributed by atoms with Crippen molar-refractivity contribution in [2.75, 3.05) is 5.75 Å². The predicted molar refractivity (Wildman–Crippen MR) is 76.8 cm³/mol. The van der Waals surface area contributed by atoms with E-state index < -0.39 is 5.69 Å². The number of aromatic amines is 1. The molecule has 18 heavy (non-hydrogen) atoms. The second-order valence-corrected chi connectivity index (χ2v) is 5.17. The van der Waals surface area contributed by atoms with Crippen LogP contribution in [0.1, 0.15) is 6.42 Å². The van der Waals surface area contributed by atoms with E-state index in [1.54, 1.807) is 13.2 Å². The quantitative estimate of drug-likeness (QED) is 0.695. The molecule has 2 rings (SSSR count). The Balaban J connectivity index is 2.44. The lowest BCUT2D eigenvalue weighted by molar-refractivity contribution is 0.598. The lowest BCUT2D eigenvalue weighted by atomic mass is 10.3. The van der Waals surface area contributed by atoms with Gasteiger partial charge in [0.2, 0.25) is 0 Å². The highest BCUT2D eigenvalue weighted by molar-refractivity contribution is 7.84. The largest absolute Gasteiger partial charge is 0.330 e. The summed E-state index contributed by atoms with van der Waals surface area (Å²) in [4.78, 5) is 26.5. The Morgan fingerprint density at radius 2 is 2.22 bits per heavy atom. The summed E-state index contributed by atoms with van der Waals surface area (Å²) in [5.74, 6) is 0.602. The number of nitrogens with zero attached hydrogens (tertiary/aromatic N) is 3. The maximum atomic E-state index is 12.1. The molecule has 0 aromatic carbocycles. The van der Waals surface area contributed by atoms with Gasteiger partial charge in [-0.15, -0.1) is 0 Å². The van der Waals surface area contributed by atoms with Crippen molar-refractivity contribution in [2.45, 2.75) is 18.2 Å². The topological polar surface area (TPSA) is 72.7 Å². The van der Waals surface area contributed by atoms with Crippen LogP contribution in [0.25, 0.3) is 11.0 Å². The van der Waals surface area contributed by atoms with E-state index in [0.717, 1.165) is 0 Å². The van der Waals surface area contributed by atoms with Gasteiger partial charge in [-0.1, -0.05) is 0 Å². The highest BCUT2D eigenvalue weighted by Crippen LogP contribution is 2.05. The number of nitrogens with one attached hydrogen (secondary N) is 1. The van der Waals surface area contributed by atoms with Crippen molar-refractivity contribution in [2.24, 2.45) is 7.05 Å². The molecule has 2 heterocycles. The van der Waals surface area contributed by atoms with E-state index in [2.05, 4.69) is 35.3 Å². The molecule has 0 bridgehead atoms. The van der Waals surface area contributed by atoms with Crippen LogP contribution in [0, 0.1) is 0 Å². The van der Waals surface area contributed by atoms with Gasteiger partial charge in [-0.25, -0.2) is 4.79 Å². The number of fused-ring (bicyclic) bond motifs is 1. The van der Waals surface area contributed by atoms with Crippen molar-refractivity contribution in [1.82, 2.24) is 19.3 Å². The highest BCUT2D eigenvalue weighted by atomic mass is 32.1. The molecule has 0 unspecified atom stereocenters. The Kier molecular flexibility index (Phi) is 3.86. The number of H-pyrrole nitrogens is 1. The van der Waals surface area contributed by atoms with Gasteiger partial charge < -0.3 is 0 Å². The minimum atomic E-state index is -0.439. The molecule has 1 atom stereocenters. The van der Waals surface area contributed by atoms with Crippen LogP contribution in [0.2, 0.25) is 0 Å². The zero-order chi connectivity index (χ0) is 13.3. The Morgan fingerprint density at radius 3 is 2.89 bits per heavy atom. The number of rotatable bonds is 4. The van der Waals surface area contributed by atoms with Crippen molar-refractivity contribution < 1.29 is 0 Å². The third-order valence-electron chi connectivity index (χ3n) is 2.67. The molecule has 0 aliphatic carbocycles. The molecule has 0 radical (unpaired) electrons. The first-order valence-corrected chi connectivity index (χ1v) is 6.63. The number of aromatic nitrogens is 4. The monoisotopic (exact) mass is 286 g/mol. The average molecular weight is 286 g/mol. The van der Waals surface area contributed by atoms with Crippen LogP contribution in [-0.4, -0.2) is 30.3 Å². The van der Waals surface area contributed by atoms with Gasteiger partial charge in [-0.3, -0.25) is 19.0 Å². The minimum absolute atomic E-state index is 0.0595. The Labute approximate surface area is 114 Å². The smallest absolute Gasteiger partial charge is 0.290 e. The molecule has 0 spiro atoms. The van der Waals surface area contributed by atoms with E-state index in [0.29, 0.717) is 29.8 Å². The van der Waals surface area contributed by atoms with Crippen LogP contribution in [0.4, 0.5) is 0 Å². The fourth-order valence-electron chi connectivity index (χ4n) is 1.72. The minimum Gasteiger partial charge on any atom is -0.290 e. The summed E-state index contributed by atoms with van der Waals surface area (Å²) in [7, 11) is 1.70. The van der Waals surface area contributed by atoms with Crippen molar-refractivity contribution in [3.8, 4) is 0 Å². The predicted octanol–water partition coefficient (Wildman–Crippen LogP) is 0.0416. The molecular weight excluding hydrogens is 272 g/mol. The second-order valence-electron chi connectivity index (χ2n) is 4.08. The van der Waals surface area contributed by atoms with Gasteiger partial charge >= 0.3 is 5.69 Å². The molecule has 2 aromatic rings. The maximum absolute atomic E-state index is 12.1. The number of thiol groups is 2. The van der Waals surface area contributed by atoms with Crippen LogP contribution < -0.4 is 11.2 Å². The molecule has 0 aliphatic rings. The fraction of sp³-hybridized carbons (Fsp3) is 0.500. The lowest BCUT2D eigenvalue weighted by Crippen LogP contribution is -2.35. The van der Waals surface area contributed by atoms with Gasteiger partial charge in [-0.05, 0) is 6.42 Å². The van der Waals surface area contributed by atoms with E-state index >= 15 is 0 Å². The summed E-state index contributed by atoms with van der Waals surface area (Å²) in [5.41, 5.74) is -0.437. The van der Waals surface area contributed by atoms with Gasteiger partial charge in [0.1, 0.15) is 5.39 Å². The fourth-order valence-corrected chi connectivity index (χ4v) is 2.01. The number of hydrogen-bond donors (Lipinski definition) is 3. The van der Waals surface area contributed by atoms with Gasteiger partial charge in [0.05, 0.1) is 0 Å². The molecule has 8 heteroatoms. The average Bonchev–Trinajstić information content (AvgIpc) is 2.69. The molecule has 0 saturated carbocycles. The molecule has 2 aromatic heterocycles. The second kappa shape index (κ2) is 5.23. The summed E-state index contributed by atoms with van der Waals surface area (Å²) in [6.07, 6.45) is 2.21. The number of aryl methyl sites for hydroxylation is 1. The number of hydrogen-bond acceptors (Lipinski definition) is 5. The van der Waals surface area contributed by atoms with Gasteiger partial charge in [0.15, 0.2) is 5.65 Å². The van der Waals surface area contributed by atoms with E-state index in [-0.39, 0.29) is 10.8 Å². The van der Waals surface area contributed by atoms with Crippen LogP contribution in [0.15, 0.2) is 15.8 Å². The molecule has 0 amide bonds. The summed E-state index contributed by atoms with van der Waals surface area (Å²) in [6.45, 7) is 0.327. The first-order chi connectivity index (χ1) is 8.52. The first kappa shape index (κ1) is 13.3. The third-order valence-corrected chi connectivity index (χ3v) is 3.84. The summed E-state index contributed by atoms with van der Waals surface area (Å²) < 4.78 is 2.68. The Hall–Kier alpha value is -1.15. The SMILES string of the molecule is Cn1cc2c(=O)n(CC[C@@H](S)CS)c(=O)[nH]c2n1. The molecule has 1 N–H and O–H groups in total. The van der Waals surface area contributed by atoms with Crippen LogP contribution in [0.3, 0.4) is 0 Å². The Bertz CT molecular complexity index is 673. The summed E-state index contributed by atoms with van der Waals surface area (Å²) in [6, 6.07) is 0. The molecule has 98 valence electrons. The third kappa shape index (κ3) is 2.49. The zero-order valence-corrected chi connectivity index (χ0v) is 11.6. The summed E-state index contributed by atoms with van der Waals surface area (Å²) in [5, 5.41) is 4.48. The van der Waals surface area contributed by atoms with Crippen molar-refractivity contribution >= 4 is 36.3 Å². The van der Waals surface area contributed by atoms with Crippen molar-refractivity contribution in [3.05, 3.63) is 27.0 Å². The first-order valence-electron chi connectivity index (χ1n) is 5.48. The normalized spacial score (nSPS) is 13.1. The standard InChI is InChI=1S/C10H14N4O2S2/c1-13-4-7-8(12-13)11-10(16)14(9(7)15)3-2-6(18)5-17/h4,6,17-18H,2-3,5H2,1H3,(H,11,12,16)/t6-/m1/s1. The van der Waals surface area contributed by atoms with Gasteiger partial charge in [0, 0.05) is 30.8 Å². The molecule has 0 fully saturated rings. The lowest BCUT2D eigenvalue weighted by Gasteiger charge is -2.08. The van der Waals surface area contributed by atoms with Gasteiger partial charge in [0.25, 0.3) is 5.56 Å². The molecular formula is C10H14N4O2S2. The van der Waals surface area contributed by atoms with Gasteiger partial charge in [-0.2, -0.15) is 30.4 Å². The van der Waals surface area contributed by atoms with Crippen LogP contribution in [-0.2, 0) is 13.6 Å². The van der Waals surface area contributed by atoms with E-state index in [4.69, 9.17) is 0 Å². The highest BCUT2D eigenvalue weighted by Gasteiger charge is 2.11. The molecule has 6 nitrogen and oxygen atoms in total. The molecule has 0 aliphatic heterocycles. The summed E-state index contributed by atoms with van der Waals surface area (Å²) >= 11 is 8.40. The Morgan fingerprint density at radius 1 is 1.50 bits per heavy atom. The van der Waals surface area contributed by atoms with E-state index in [1.165, 1.54) is 9.25 Å².